The van der Waals surface area contributed by atoms with Gasteiger partial charge in [-0.15, -0.1) is 0 Å². The van der Waals surface area contributed by atoms with Gasteiger partial charge in [0.25, 0.3) is 0 Å². The fraction of sp³-hybridized carbons (Fsp3) is 0.172. The van der Waals surface area contributed by atoms with Crippen LogP contribution in [0.2, 0.25) is 0 Å². The average Bonchev–Trinajstić information content (AvgIpc) is 3.04. The maximum atomic E-state index is 5.59. The van der Waals surface area contributed by atoms with Gasteiger partial charge in [0.2, 0.25) is 0 Å². The van der Waals surface area contributed by atoms with Crippen molar-refractivity contribution < 1.29 is 9.47 Å². The maximum Gasteiger partial charge on any atom is 0.161 e. The van der Waals surface area contributed by atoms with Gasteiger partial charge in [0, 0.05) is 16.5 Å². The third-order valence-electron chi connectivity index (χ3n) is 6.28. The first-order valence-electron chi connectivity index (χ1n) is 10.4. The highest BCUT2D eigenvalue weighted by atomic mass is 16.5. The van der Waals surface area contributed by atoms with E-state index in [1.54, 1.807) is 14.2 Å². The number of fused-ring (bicyclic) bond motifs is 5. The van der Waals surface area contributed by atoms with Gasteiger partial charge < -0.3 is 9.47 Å². The summed E-state index contributed by atoms with van der Waals surface area (Å²) in [5, 5.41) is 2.33. The summed E-state index contributed by atoms with van der Waals surface area (Å²) in [5.74, 6) is 8.12. The van der Waals surface area contributed by atoms with Crippen molar-refractivity contribution in [1.29, 1.82) is 0 Å². The molecule has 0 fully saturated rings. The Labute approximate surface area is 183 Å². The van der Waals surface area contributed by atoms with Gasteiger partial charge in [-0.05, 0) is 69.4 Å². The van der Waals surface area contributed by atoms with Crippen LogP contribution in [0.15, 0.2) is 72.8 Å². The topological polar surface area (TPSA) is 18.5 Å². The standard InChI is InChI=1S/C29H24O2/c1-29(2)24-15-13-21-17-26(30-3)27(31-4)18-23(21)28(24)22-14-12-20(16-25(22)29)11-10-19-8-6-5-7-9-19/h5-9,12-18H,1-4H3. The van der Waals surface area contributed by atoms with Crippen LogP contribution in [-0.4, -0.2) is 14.2 Å². The highest BCUT2D eigenvalue weighted by molar-refractivity contribution is 6.03. The molecule has 0 aliphatic heterocycles. The summed E-state index contributed by atoms with van der Waals surface area (Å²) in [6, 6.07) is 25.3. The van der Waals surface area contributed by atoms with E-state index in [0.29, 0.717) is 0 Å². The molecule has 0 saturated carbocycles. The second kappa shape index (κ2) is 7.22. The molecule has 0 atom stereocenters. The molecule has 0 spiro atoms. The predicted octanol–water partition coefficient (Wildman–Crippen LogP) is 6.56. The number of benzene rings is 4. The zero-order chi connectivity index (χ0) is 21.6. The molecule has 4 aromatic carbocycles. The summed E-state index contributed by atoms with van der Waals surface area (Å²) in [5.41, 5.74) is 7.14. The number of hydrogen-bond acceptors (Lipinski definition) is 2. The van der Waals surface area contributed by atoms with Crippen molar-refractivity contribution in [3.8, 4) is 34.5 Å². The highest BCUT2D eigenvalue weighted by Crippen LogP contribution is 2.52. The van der Waals surface area contributed by atoms with Crippen LogP contribution in [0.4, 0.5) is 0 Å². The van der Waals surface area contributed by atoms with Gasteiger partial charge in [-0.1, -0.05) is 62.1 Å². The Morgan fingerprint density at radius 1 is 0.677 bits per heavy atom. The zero-order valence-corrected chi connectivity index (χ0v) is 18.2. The van der Waals surface area contributed by atoms with Gasteiger partial charge >= 0.3 is 0 Å². The third-order valence-corrected chi connectivity index (χ3v) is 6.28. The van der Waals surface area contributed by atoms with Gasteiger partial charge in [0.05, 0.1) is 14.2 Å². The predicted molar refractivity (Wildman–Crippen MR) is 127 cm³/mol. The van der Waals surface area contributed by atoms with Crippen molar-refractivity contribution in [1.82, 2.24) is 0 Å². The number of ether oxygens (including phenoxy) is 2. The molecule has 2 heteroatoms. The number of methoxy groups -OCH3 is 2. The number of rotatable bonds is 2. The number of hydrogen-bond donors (Lipinski definition) is 0. The molecule has 0 bridgehead atoms. The first kappa shape index (κ1) is 19.3. The monoisotopic (exact) mass is 404 g/mol. The lowest BCUT2D eigenvalue weighted by Gasteiger charge is -2.22. The van der Waals surface area contributed by atoms with Crippen LogP contribution in [0.3, 0.4) is 0 Å². The van der Waals surface area contributed by atoms with Crippen LogP contribution in [0, 0.1) is 11.8 Å². The van der Waals surface area contributed by atoms with Crippen molar-refractivity contribution in [3.63, 3.8) is 0 Å². The highest BCUT2D eigenvalue weighted by Gasteiger charge is 2.36. The summed E-state index contributed by atoms with van der Waals surface area (Å²) in [4.78, 5) is 0. The average molecular weight is 405 g/mol. The van der Waals surface area contributed by atoms with E-state index in [4.69, 9.17) is 9.47 Å². The van der Waals surface area contributed by atoms with E-state index < -0.39 is 0 Å². The van der Waals surface area contributed by atoms with Crippen LogP contribution < -0.4 is 9.47 Å². The van der Waals surface area contributed by atoms with E-state index in [1.807, 2.05) is 30.3 Å². The summed E-state index contributed by atoms with van der Waals surface area (Å²) in [7, 11) is 3.36. The molecule has 0 saturated heterocycles. The van der Waals surface area contributed by atoms with Crippen LogP contribution in [-0.2, 0) is 5.41 Å². The van der Waals surface area contributed by atoms with Crippen molar-refractivity contribution in [3.05, 3.63) is 95.1 Å². The lowest BCUT2D eigenvalue weighted by atomic mass is 9.81. The molecule has 0 N–H and O–H groups in total. The van der Waals surface area contributed by atoms with Gasteiger partial charge in [-0.2, -0.15) is 0 Å². The van der Waals surface area contributed by atoms with Crippen LogP contribution in [0.5, 0.6) is 11.5 Å². The normalized spacial score (nSPS) is 13.2. The Balaban J connectivity index is 1.69. The lowest BCUT2D eigenvalue weighted by Crippen LogP contribution is -2.15. The van der Waals surface area contributed by atoms with E-state index in [0.717, 1.165) is 28.0 Å². The second-order valence-electron chi connectivity index (χ2n) is 8.42. The lowest BCUT2D eigenvalue weighted by molar-refractivity contribution is 0.356. The quantitative estimate of drug-likeness (QED) is 0.352. The largest absolute Gasteiger partial charge is 0.493 e. The molecule has 1 aliphatic carbocycles. The Kier molecular flexibility index (Phi) is 4.49. The van der Waals surface area contributed by atoms with Gasteiger partial charge in [-0.25, -0.2) is 0 Å². The van der Waals surface area contributed by atoms with E-state index in [2.05, 4.69) is 68.2 Å². The molecule has 0 heterocycles. The van der Waals surface area contributed by atoms with Crippen molar-refractivity contribution in [2.75, 3.05) is 14.2 Å². The molecule has 1 aliphatic rings. The van der Waals surface area contributed by atoms with Crippen molar-refractivity contribution >= 4 is 10.8 Å². The molecular formula is C29H24O2. The smallest absolute Gasteiger partial charge is 0.161 e. The van der Waals surface area contributed by atoms with E-state index in [9.17, 15) is 0 Å². The minimum atomic E-state index is -0.101. The van der Waals surface area contributed by atoms with Crippen molar-refractivity contribution in [2.45, 2.75) is 19.3 Å². The Morgan fingerprint density at radius 3 is 2.13 bits per heavy atom. The van der Waals surface area contributed by atoms with Gasteiger partial charge in [0.15, 0.2) is 11.5 Å². The minimum absolute atomic E-state index is 0.101. The molecule has 31 heavy (non-hydrogen) atoms. The van der Waals surface area contributed by atoms with Gasteiger partial charge in [-0.3, -0.25) is 0 Å². The first-order valence-corrected chi connectivity index (χ1v) is 10.4. The summed E-state index contributed by atoms with van der Waals surface area (Å²) >= 11 is 0. The SMILES string of the molecule is COc1cc2ccc3c(c2cc1OC)-c1ccc(C#Cc2ccccc2)cc1C3(C)C. The molecule has 0 unspecified atom stereocenters. The van der Waals surface area contributed by atoms with Crippen LogP contribution >= 0.6 is 0 Å². The molecule has 152 valence electrons. The molecule has 0 amide bonds. The Bertz CT molecular complexity index is 1370. The molecule has 4 aromatic rings. The van der Waals surface area contributed by atoms with E-state index >= 15 is 0 Å². The first-order chi connectivity index (χ1) is 15.0. The second-order valence-corrected chi connectivity index (χ2v) is 8.42. The van der Waals surface area contributed by atoms with E-state index in [-0.39, 0.29) is 5.41 Å². The summed E-state index contributed by atoms with van der Waals surface area (Å²) in [6.45, 7) is 4.58. The fourth-order valence-electron chi connectivity index (χ4n) is 4.63. The Hall–Kier alpha value is -3.70. The maximum absolute atomic E-state index is 5.59. The third kappa shape index (κ3) is 3.05. The zero-order valence-electron chi connectivity index (χ0n) is 18.2. The molecule has 0 radical (unpaired) electrons. The molecule has 2 nitrogen and oxygen atoms in total. The van der Waals surface area contributed by atoms with Crippen LogP contribution in [0.25, 0.3) is 21.9 Å². The van der Waals surface area contributed by atoms with E-state index in [1.165, 1.54) is 27.6 Å². The summed E-state index contributed by atoms with van der Waals surface area (Å²) < 4.78 is 11.1. The van der Waals surface area contributed by atoms with Crippen molar-refractivity contribution in [2.24, 2.45) is 0 Å². The molecular weight excluding hydrogens is 380 g/mol. The van der Waals surface area contributed by atoms with Crippen LogP contribution in [0.1, 0.15) is 36.1 Å². The van der Waals surface area contributed by atoms with Gasteiger partial charge in [0.1, 0.15) is 0 Å². The minimum Gasteiger partial charge on any atom is -0.493 e. The fourth-order valence-corrected chi connectivity index (χ4v) is 4.63. The Morgan fingerprint density at radius 2 is 1.39 bits per heavy atom. The molecule has 0 aromatic heterocycles. The molecule has 5 rings (SSSR count). The summed E-state index contributed by atoms with van der Waals surface area (Å²) in [6.07, 6.45) is 0.